The lowest BCUT2D eigenvalue weighted by Crippen LogP contribution is -2.22. The summed E-state index contributed by atoms with van der Waals surface area (Å²) >= 11 is 0. The van der Waals surface area contributed by atoms with Crippen LogP contribution in [0.5, 0.6) is 0 Å². The van der Waals surface area contributed by atoms with Crippen molar-refractivity contribution in [2.45, 2.75) is 38.5 Å². The van der Waals surface area contributed by atoms with Crippen LogP contribution in [-0.4, -0.2) is 29.7 Å². The second kappa shape index (κ2) is 6.25. The number of rotatable bonds is 4. The minimum absolute atomic E-state index is 0.254. The zero-order chi connectivity index (χ0) is 13.0. The number of nitrogens with two attached hydrogens (primary N) is 1. The fourth-order valence-corrected chi connectivity index (χ4v) is 2.46. The summed E-state index contributed by atoms with van der Waals surface area (Å²) in [5.41, 5.74) is 6.99. The lowest BCUT2D eigenvalue weighted by molar-refractivity contribution is 0.0844. The van der Waals surface area contributed by atoms with Crippen LogP contribution in [-0.2, 0) is 4.74 Å². The van der Waals surface area contributed by atoms with Crippen LogP contribution in [0, 0.1) is 5.92 Å². The van der Waals surface area contributed by atoms with Gasteiger partial charge in [-0.2, -0.15) is 0 Å². The van der Waals surface area contributed by atoms with E-state index < -0.39 is 0 Å². The summed E-state index contributed by atoms with van der Waals surface area (Å²) < 4.78 is 5.39. The van der Waals surface area contributed by atoms with Crippen molar-refractivity contribution in [3.63, 3.8) is 0 Å². The third-order valence-electron chi connectivity index (χ3n) is 3.73. The van der Waals surface area contributed by atoms with Crippen LogP contribution in [0.15, 0.2) is 12.3 Å². The predicted molar refractivity (Wildman–Crippen MR) is 71.5 cm³/mol. The molecule has 100 valence electrons. The summed E-state index contributed by atoms with van der Waals surface area (Å²) in [7, 11) is 0. The molecule has 2 heterocycles. The van der Waals surface area contributed by atoms with Gasteiger partial charge in [0.15, 0.2) is 0 Å². The van der Waals surface area contributed by atoms with E-state index >= 15 is 0 Å². The molecule has 4 heteroatoms. The molecule has 4 nitrogen and oxygen atoms in total. The van der Waals surface area contributed by atoms with Gasteiger partial charge in [0.2, 0.25) is 0 Å². The Morgan fingerprint density at radius 2 is 2.11 bits per heavy atom. The minimum atomic E-state index is 0.254. The van der Waals surface area contributed by atoms with E-state index in [-0.39, 0.29) is 5.92 Å². The van der Waals surface area contributed by atoms with Crippen LogP contribution in [0.1, 0.15) is 50.0 Å². The van der Waals surface area contributed by atoms with Crippen molar-refractivity contribution >= 4 is 0 Å². The molecule has 18 heavy (non-hydrogen) atoms. The van der Waals surface area contributed by atoms with Crippen molar-refractivity contribution in [2.24, 2.45) is 11.7 Å². The van der Waals surface area contributed by atoms with Crippen molar-refractivity contribution in [2.75, 3.05) is 19.8 Å². The molecule has 0 aromatic carbocycles. The highest BCUT2D eigenvalue weighted by Crippen LogP contribution is 2.27. The van der Waals surface area contributed by atoms with Gasteiger partial charge in [0, 0.05) is 43.5 Å². The number of hydrogen-bond donors (Lipinski definition) is 1. The molecule has 1 aromatic heterocycles. The van der Waals surface area contributed by atoms with Crippen LogP contribution < -0.4 is 5.73 Å². The average Bonchev–Trinajstić information content (AvgIpc) is 2.40. The molecule has 0 radical (unpaired) electrons. The van der Waals surface area contributed by atoms with Crippen LogP contribution in [0.2, 0.25) is 0 Å². The molecule has 0 spiro atoms. The summed E-state index contributed by atoms with van der Waals surface area (Å²) in [6, 6.07) is 2.04. The van der Waals surface area contributed by atoms with Gasteiger partial charge in [-0.3, -0.25) is 0 Å². The maximum Gasteiger partial charge on any atom is 0.133 e. The normalized spacial score (nSPS) is 19.1. The SMILES string of the molecule is CC(C)C(CN)c1nccc(C2CCOCC2)n1. The van der Waals surface area contributed by atoms with E-state index in [2.05, 4.69) is 18.8 Å². The molecule has 0 bridgehead atoms. The van der Waals surface area contributed by atoms with Crippen molar-refractivity contribution in [3.8, 4) is 0 Å². The first kappa shape index (κ1) is 13.4. The third-order valence-corrected chi connectivity index (χ3v) is 3.73. The smallest absolute Gasteiger partial charge is 0.133 e. The second-order valence-electron chi connectivity index (χ2n) is 5.31. The summed E-state index contributed by atoms with van der Waals surface area (Å²) in [4.78, 5) is 9.15. The van der Waals surface area contributed by atoms with Crippen molar-refractivity contribution in [3.05, 3.63) is 23.8 Å². The van der Waals surface area contributed by atoms with Gasteiger partial charge >= 0.3 is 0 Å². The number of hydrogen-bond acceptors (Lipinski definition) is 4. The van der Waals surface area contributed by atoms with E-state index in [1.165, 1.54) is 0 Å². The van der Waals surface area contributed by atoms with Gasteiger partial charge in [-0.05, 0) is 24.8 Å². The van der Waals surface area contributed by atoms with Crippen LogP contribution in [0.25, 0.3) is 0 Å². The highest BCUT2D eigenvalue weighted by Gasteiger charge is 2.21. The lowest BCUT2D eigenvalue weighted by atomic mass is 9.93. The Bertz CT molecular complexity index is 375. The molecule has 2 N–H and O–H groups in total. The van der Waals surface area contributed by atoms with Gasteiger partial charge in [0.1, 0.15) is 5.82 Å². The fraction of sp³-hybridized carbons (Fsp3) is 0.714. The number of nitrogens with zero attached hydrogens (tertiary/aromatic N) is 2. The number of aromatic nitrogens is 2. The van der Waals surface area contributed by atoms with E-state index in [0.717, 1.165) is 37.6 Å². The molecule has 0 aliphatic carbocycles. The molecule has 0 saturated carbocycles. The Hall–Kier alpha value is -1.00. The minimum Gasteiger partial charge on any atom is -0.381 e. The van der Waals surface area contributed by atoms with Crippen molar-refractivity contribution < 1.29 is 4.74 Å². The summed E-state index contributed by atoms with van der Waals surface area (Å²) in [5.74, 6) is 2.15. The monoisotopic (exact) mass is 249 g/mol. The molecule has 1 unspecified atom stereocenters. The zero-order valence-electron chi connectivity index (χ0n) is 11.3. The van der Waals surface area contributed by atoms with E-state index in [1.807, 2.05) is 12.3 Å². The van der Waals surface area contributed by atoms with Crippen LogP contribution in [0.3, 0.4) is 0 Å². The van der Waals surface area contributed by atoms with Gasteiger partial charge < -0.3 is 10.5 Å². The quantitative estimate of drug-likeness (QED) is 0.887. The predicted octanol–water partition coefficient (Wildman–Crippen LogP) is 2.07. The van der Waals surface area contributed by atoms with Crippen molar-refractivity contribution in [1.29, 1.82) is 0 Å². The first-order valence-corrected chi connectivity index (χ1v) is 6.83. The van der Waals surface area contributed by atoms with Gasteiger partial charge in [-0.15, -0.1) is 0 Å². The summed E-state index contributed by atoms with van der Waals surface area (Å²) in [6.07, 6.45) is 4.00. The summed E-state index contributed by atoms with van der Waals surface area (Å²) in [6.45, 7) is 6.63. The standard InChI is InChI=1S/C14H23N3O/c1-10(2)12(9-15)14-16-6-3-13(17-14)11-4-7-18-8-5-11/h3,6,10-12H,4-5,7-9,15H2,1-2H3. The van der Waals surface area contributed by atoms with Gasteiger partial charge in [-0.25, -0.2) is 9.97 Å². The molecular weight excluding hydrogens is 226 g/mol. The molecule has 1 fully saturated rings. The van der Waals surface area contributed by atoms with Gasteiger partial charge in [-0.1, -0.05) is 13.8 Å². The lowest BCUT2D eigenvalue weighted by Gasteiger charge is -2.23. The molecule has 2 rings (SSSR count). The Morgan fingerprint density at radius 3 is 2.72 bits per heavy atom. The maximum atomic E-state index is 5.83. The first-order chi connectivity index (χ1) is 8.72. The second-order valence-corrected chi connectivity index (χ2v) is 5.31. The Kier molecular flexibility index (Phi) is 4.66. The average molecular weight is 249 g/mol. The van der Waals surface area contributed by atoms with E-state index in [0.29, 0.717) is 18.4 Å². The zero-order valence-corrected chi connectivity index (χ0v) is 11.3. The highest BCUT2D eigenvalue weighted by molar-refractivity contribution is 5.12. The van der Waals surface area contributed by atoms with Gasteiger partial charge in [0.25, 0.3) is 0 Å². The molecule has 1 aromatic rings. The fourth-order valence-electron chi connectivity index (χ4n) is 2.46. The molecular formula is C14H23N3O. The van der Waals surface area contributed by atoms with E-state index in [4.69, 9.17) is 15.5 Å². The summed E-state index contributed by atoms with van der Waals surface area (Å²) in [5, 5.41) is 0. The maximum absolute atomic E-state index is 5.83. The molecule has 1 aliphatic heterocycles. The van der Waals surface area contributed by atoms with Crippen molar-refractivity contribution in [1.82, 2.24) is 9.97 Å². The number of ether oxygens (including phenoxy) is 1. The highest BCUT2D eigenvalue weighted by atomic mass is 16.5. The van der Waals surface area contributed by atoms with E-state index in [9.17, 15) is 0 Å². The van der Waals surface area contributed by atoms with Crippen LogP contribution >= 0.6 is 0 Å². The Morgan fingerprint density at radius 1 is 1.39 bits per heavy atom. The van der Waals surface area contributed by atoms with E-state index in [1.54, 1.807) is 0 Å². The largest absolute Gasteiger partial charge is 0.381 e. The Labute approximate surface area is 109 Å². The molecule has 1 aliphatic rings. The topological polar surface area (TPSA) is 61.0 Å². The molecule has 1 saturated heterocycles. The van der Waals surface area contributed by atoms with Crippen LogP contribution in [0.4, 0.5) is 0 Å². The first-order valence-electron chi connectivity index (χ1n) is 6.83. The third kappa shape index (κ3) is 3.06. The van der Waals surface area contributed by atoms with Gasteiger partial charge in [0.05, 0.1) is 0 Å². The molecule has 0 amide bonds. The Balaban J connectivity index is 2.18. The molecule has 1 atom stereocenters.